The largest absolute Gasteiger partial charge is 0.322 e. The van der Waals surface area contributed by atoms with Crippen LogP contribution >= 0.6 is 0 Å². The van der Waals surface area contributed by atoms with E-state index >= 15 is 0 Å². The molecule has 4 aromatic carbocycles. The van der Waals surface area contributed by atoms with Crippen molar-refractivity contribution in [2.24, 2.45) is 5.73 Å². The van der Waals surface area contributed by atoms with Crippen molar-refractivity contribution in [2.75, 3.05) is 0 Å². The Morgan fingerprint density at radius 1 is 0.692 bits per heavy atom. The first-order valence-corrected chi connectivity index (χ1v) is 14.4. The predicted molar refractivity (Wildman–Crippen MR) is 159 cm³/mol. The Labute approximate surface area is 247 Å². The number of nitrogens with one attached hydrogen (secondary N) is 1. The van der Waals surface area contributed by atoms with Gasteiger partial charge in [-0.15, -0.1) is 0 Å². The second-order valence-electron chi connectivity index (χ2n) is 10.8. The fourth-order valence-corrected chi connectivity index (χ4v) is 5.38. The molecule has 3 N–H and O–H groups in total. The second kappa shape index (κ2) is 14.1. The van der Waals surface area contributed by atoms with E-state index in [1.165, 1.54) is 16.7 Å². The van der Waals surface area contributed by atoms with Gasteiger partial charge < -0.3 is 5.73 Å². The average molecular weight is 630 g/mol. The molecule has 0 fully saturated rings. The Balaban J connectivity index is 0.000000453. The summed E-state index contributed by atoms with van der Waals surface area (Å²) in [6.45, 7) is 12.7. The van der Waals surface area contributed by atoms with Crippen LogP contribution in [0.3, 0.4) is 0 Å². The normalized spacial score (nSPS) is 12.9. The van der Waals surface area contributed by atoms with E-state index in [1.807, 2.05) is 72.8 Å². The van der Waals surface area contributed by atoms with E-state index < -0.39 is 22.1 Å². The van der Waals surface area contributed by atoms with Crippen molar-refractivity contribution in [1.82, 2.24) is 4.72 Å². The van der Waals surface area contributed by atoms with Crippen LogP contribution in [0, 0.1) is 20.8 Å². The predicted octanol–water partition coefficient (Wildman–Crippen LogP) is 7.31. The van der Waals surface area contributed by atoms with E-state index in [0.29, 0.717) is 0 Å². The molecule has 0 aliphatic carbocycles. The summed E-state index contributed by atoms with van der Waals surface area (Å²) >= 11 is 0. The zero-order valence-corrected chi connectivity index (χ0v) is 26.2. The Hall–Kier alpha value is -2.63. The van der Waals surface area contributed by atoms with Crippen molar-refractivity contribution in [3.63, 3.8) is 0 Å². The molecule has 4 nitrogen and oxygen atoms in total. The van der Waals surface area contributed by atoms with Crippen molar-refractivity contribution in [2.45, 2.75) is 63.9 Å². The van der Waals surface area contributed by atoms with E-state index in [4.69, 9.17) is 5.73 Å². The van der Waals surface area contributed by atoms with Gasteiger partial charge in [0.25, 0.3) is 0 Å². The third-order valence-electron chi connectivity index (χ3n) is 6.68. The van der Waals surface area contributed by atoms with Crippen molar-refractivity contribution in [1.29, 1.82) is 0 Å². The number of hydrogen-bond acceptors (Lipinski definition) is 3. The van der Waals surface area contributed by atoms with Crippen molar-refractivity contribution < 1.29 is 27.9 Å². The van der Waals surface area contributed by atoms with Gasteiger partial charge in [0.2, 0.25) is 10.0 Å². The van der Waals surface area contributed by atoms with Gasteiger partial charge in [0.05, 0.1) is 17.0 Å². The van der Waals surface area contributed by atoms with Crippen LogP contribution in [0.4, 0.5) is 0 Å². The molecule has 39 heavy (non-hydrogen) atoms. The molecule has 0 spiro atoms. The molecule has 4 aromatic rings. The van der Waals surface area contributed by atoms with Crippen molar-refractivity contribution >= 4 is 10.0 Å². The van der Waals surface area contributed by atoms with E-state index in [0.717, 1.165) is 16.7 Å². The van der Waals surface area contributed by atoms with Crippen LogP contribution in [0.1, 0.15) is 66.2 Å². The van der Waals surface area contributed by atoms with Gasteiger partial charge in [-0.25, -0.2) is 13.1 Å². The summed E-state index contributed by atoms with van der Waals surface area (Å²) in [6, 6.07) is 31.4. The molecule has 0 aliphatic heterocycles. The minimum Gasteiger partial charge on any atom is -0.322 e. The molecule has 0 heterocycles. The summed E-state index contributed by atoms with van der Waals surface area (Å²) in [4.78, 5) is 0.228. The van der Waals surface area contributed by atoms with Crippen molar-refractivity contribution in [3.8, 4) is 0 Å². The summed E-state index contributed by atoms with van der Waals surface area (Å²) in [5.41, 5.74) is 13.3. The standard InChI is InChI=1S/C24H28N2O2S.C9H12.Ru/c1-24(2,3)20-14-16-21(17-15-20)29(27,28)26-23(19-12-8-5-9-13-19)22(25)18-10-6-4-7-11-18;1-7-4-5-8(2)9(3)6-7;/h4-17,22-23,26H,25H2,1-3H3;4-6H,1-3H3;/t22-,23-;;/m1../s1. The number of nitrogens with two attached hydrogens (primary N) is 1. The fraction of sp³-hybridized carbons (Fsp3) is 0.273. The summed E-state index contributed by atoms with van der Waals surface area (Å²) in [6.07, 6.45) is 0. The van der Waals surface area contributed by atoms with Crippen molar-refractivity contribution in [3.05, 3.63) is 137 Å². The van der Waals surface area contributed by atoms with Gasteiger partial charge in [-0.05, 0) is 66.1 Å². The maximum absolute atomic E-state index is 13.1. The zero-order valence-electron chi connectivity index (χ0n) is 23.6. The summed E-state index contributed by atoms with van der Waals surface area (Å²) in [7, 11) is -3.75. The minimum absolute atomic E-state index is 0. The minimum atomic E-state index is -3.75. The Kier molecular flexibility index (Phi) is 11.8. The van der Waals surface area contributed by atoms with Gasteiger partial charge >= 0.3 is 0 Å². The van der Waals surface area contributed by atoms with Crippen LogP contribution in [0.5, 0.6) is 0 Å². The Morgan fingerprint density at radius 3 is 1.67 bits per heavy atom. The van der Waals surface area contributed by atoms with E-state index in [2.05, 4.69) is 64.5 Å². The quantitative estimate of drug-likeness (QED) is 0.220. The Bertz CT molecular complexity index is 1420. The molecular weight excluding hydrogens is 590 g/mol. The monoisotopic (exact) mass is 630 g/mol. The molecular formula is C33H40N2O2RuS. The summed E-state index contributed by atoms with van der Waals surface area (Å²) < 4.78 is 29.1. The van der Waals surface area contributed by atoms with Crippen LogP contribution in [-0.4, -0.2) is 8.42 Å². The SMILES string of the molecule is CC(C)(C)c1ccc(S(=O)(=O)N[C@H](c2ccccc2)[C@H](N)c2ccccc2)cc1.Cc1ccc(C)c(C)c1.[Ru]. The number of hydrogen-bond donors (Lipinski definition) is 2. The molecule has 0 aliphatic rings. The Morgan fingerprint density at radius 2 is 1.21 bits per heavy atom. The molecule has 0 amide bonds. The van der Waals surface area contributed by atoms with Gasteiger partial charge in [0.15, 0.2) is 0 Å². The molecule has 2 atom stereocenters. The first-order chi connectivity index (χ1) is 17.9. The maximum Gasteiger partial charge on any atom is 0.241 e. The number of aryl methyl sites for hydroxylation is 3. The topological polar surface area (TPSA) is 72.2 Å². The molecule has 0 saturated carbocycles. The molecule has 0 unspecified atom stereocenters. The van der Waals surface area contributed by atoms with Crippen LogP contribution < -0.4 is 10.5 Å². The van der Waals surface area contributed by atoms with Gasteiger partial charge in [-0.2, -0.15) is 0 Å². The van der Waals surface area contributed by atoms with E-state index in [1.54, 1.807) is 12.1 Å². The molecule has 0 bridgehead atoms. The van der Waals surface area contributed by atoms with Gasteiger partial charge in [0, 0.05) is 19.5 Å². The molecule has 0 radical (unpaired) electrons. The van der Waals surface area contributed by atoms with Gasteiger partial charge in [-0.3, -0.25) is 0 Å². The number of benzene rings is 4. The van der Waals surface area contributed by atoms with Crippen LogP contribution in [-0.2, 0) is 34.9 Å². The van der Waals surface area contributed by atoms with Gasteiger partial charge in [0.1, 0.15) is 0 Å². The molecule has 4 rings (SSSR count). The molecule has 6 heteroatoms. The second-order valence-corrected chi connectivity index (χ2v) is 12.5. The third kappa shape index (κ3) is 9.22. The molecule has 0 saturated heterocycles. The summed E-state index contributed by atoms with van der Waals surface area (Å²) in [5.74, 6) is 0. The number of sulfonamides is 1. The summed E-state index contributed by atoms with van der Waals surface area (Å²) in [5, 5.41) is 0. The average Bonchev–Trinajstić information content (AvgIpc) is 2.90. The smallest absolute Gasteiger partial charge is 0.241 e. The van der Waals surface area contributed by atoms with E-state index in [-0.39, 0.29) is 29.8 Å². The molecule has 208 valence electrons. The number of rotatable bonds is 6. The van der Waals surface area contributed by atoms with E-state index in [9.17, 15) is 8.42 Å². The fourth-order valence-electron chi connectivity index (χ4n) is 4.14. The first kappa shape index (κ1) is 32.6. The zero-order chi connectivity index (χ0) is 27.9. The van der Waals surface area contributed by atoms with Crippen LogP contribution in [0.15, 0.2) is 108 Å². The maximum atomic E-state index is 13.1. The van der Waals surface area contributed by atoms with Gasteiger partial charge in [-0.1, -0.05) is 117 Å². The van der Waals surface area contributed by atoms with Crippen LogP contribution in [0.25, 0.3) is 0 Å². The molecule has 0 aromatic heterocycles. The van der Waals surface area contributed by atoms with Crippen LogP contribution in [0.2, 0.25) is 0 Å². The third-order valence-corrected chi connectivity index (χ3v) is 8.13. The first-order valence-electron chi connectivity index (χ1n) is 12.9.